The lowest BCUT2D eigenvalue weighted by atomic mass is 10.2. The number of aliphatic carboxylic acids is 1. The van der Waals surface area contributed by atoms with E-state index in [0.29, 0.717) is 11.5 Å². The number of ether oxygens (including phenoxy) is 1. The van der Waals surface area contributed by atoms with E-state index >= 15 is 0 Å². The average Bonchev–Trinajstić information content (AvgIpc) is 2.80. The molecule has 1 aromatic heterocycles. The van der Waals surface area contributed by atoms with Crippen molar-refractivity contribution in [2.24, 2.45) is 0 Å². The zero-order chi connectivity index (χ0) is 13.7. The van der Waals surface area contributed by atoms with Gasteiger partial charge < -0.3 is 14.4 Å². The van der Waals surface area contributed by atoms with Gasteiger partial charge in [0.25, 0.3) is 0 Å². The van der Waals surface area contributed by atoms with Crippen molar-refractivity contribution in [3.8, 4) is 5.75 Å². The van der Waals surface area contributed by atoms with Gasteiger partial charge in [0.05, 0.1) is 5.69 Å². The SMILES string of the molecule is Cc1cc(COc2cccc(/C=C/C(=O)O)c2)on1. The minimum Gasteiger partial charge on any atom is -0.486 e. The predicted octanol–water partition coefficient (Wildman–Crippen LogP) is 2.66. The highest BCUT2D eigenvalue weighted by Crippen LogP contribution is 2.16. The topological polar surface area (TPSA) is 72.6 Å². The Morgan fingerprint density at radius 2 is 2.32 bits per heavy atom. The number of hydrogen-bond donors (Lipinski definition) is 1. The summed E-state index contributed by atoms with van der Waals surface area (Å²) < 4.78 is 10.6. The summed E-state index contributed by atoms with van der Waals surface area (Å²) in [6.07, 6.45) is 2.59. The molecule has 0 bridgehead atoms. The van der Waals surface area contributed by atoms with Crippen molar-refractivity contribution < 1.29 is 19.2 Å². The first-order valence-corrected chi connectivity index (χ1v) is 5.69. The number of nitrogens with zero attached hydrogens (tertiary/aromatic N) is 1. The van der Waals surface area contributed by atoms with Crippen molar-refractivity contribution in [3.05, 3.63) is 53.4 Å². The molecule has 0 unspecified atom stereocenters. The summed E-state index contributed by atoms with van der Waals surface area (Å²) >= 11 is 0. The molecule has 0 atom stereocenters. The molecule has 0 fully saturated rings. The Kier molecular flexibility index (Phi) is 3.97. The van der Waals surface area contributed by atoms with Crippen LogP contribution in [0.1, 0.15) is 17.0 Å². The largest absolute Gasteiger partial charge is 0.486 e. The molecule has 0 radical (unpaired) electrons. The van der Waals surface area contributed by atoms with Gasteiger partial charge in [-0.1, -0.05) is 17.3 Å². The molecule has 2 aromatic rings. The van der Waals surface area contributed by atoms with E-state index in [1.807, 2.05) is 6.92 Å². The molecular formula is C14H13NO4. The summed E-state index contributed by atoms with van der Waals surface area (Å²) in [6.45, 7) is 2.12. The lowest BCUT2D eigenvalue weighted by molar-refractivity contribution is -0.131. The van der Waals surface area contributed by atoms with Gasteiger partial charge in [0.15, 0.2) is 5.76 Å². The first-order valence-electron chi connectivity index (χ1n) is 5.69. The van der Waals surface area contributed by atoms with Crippen LogP contribution >= 0.6 is 0 Å². The van der Waals surface area contributed by atoms with Crippen LogP contribution < -0.4 is 4.74 Å². The third-order valence-corrected chi connectivity index (χ3v) is 2.33. The molecule has 0 aliphatic rings. The Hall–Kier alpha value is -2.56. The van der Waals surface area contributed by atoms with Crippen LogP contribution in [0.5, 0.6) is 5.75 Å². The number of carboxylic acids is 1. The van der Waals surface area contributed by atoms with Gasteiger partial charge in [-0.25, -0.2) is 4.79 Å². The maximum Gasteiger partial charge on any atom is 0.328 e. The van der Waals surface area contributed by atoms with Gasteiger partial charge in [-0.15, -0.1) is 0 Å². The van der Waals surface area contributed by atoms with E-state index in [4.69, 9.17) is 14.4 Å². The maximum absolute atomic E-state index is 10.4. The molecule has 98 valence electrons. The van der Waals surface area contributed by atoms with Crippen LogP contribution in [0.2, 0.25) is 0 Å². The fourth-order valence-corrected chi connectivity index (χ4v) is 1.51. The molecule has 0 aliphatic carbocycles. The molecule has 0 saturated heterocycles. The highest BCUT2D eigenvalue weighted by Gasteiger charge is 2.02. The standard InChI is InChI=1S/C14H13NO4/c1-10-7-13(19-15-10)9-18-12-4-2-3-11(8-12)5-6-14(16)17/h2-8H,9H2,1H3,(H,16,17)/b6-5+. The second-order valence-corrected chi connectivity index (χ2v) is 3.97. The first kappa shape index (κ1) is 12.9. The summed E-state index contributed by atoms with van der Waals surface area (Å²) in [4.78, 5) is 10.4. The first-order chi connectivity index (χ1) is 9.13. The summed E-state index contributed by atoms with van der Waals surface area (Å²) in [5, 5.41) is 12.3. The monoisotopic (exact) mass is 259 g/mol. The number of benzene rings is 1. The third kappa shape index (κ3) is 3.99. The molecule has 2 rings (SSSR count). The Labute approximate surface area is 110 Å². The van der Waals surface area contributed by atoms with Crippen molar-refractivity contribution in [1.82, 2.24) is 5.16 Å². The van der Waals surface area contributed by atoms with Crippen molar-refractivity contribution in [2.75, 3.05) is 0 Å². The zero-order valence-corrected chi connectivity index (χ0v) is 10.4. The molecule has 0 saturated carbocycles. The fraction of sp³-hybridized carbons (Fsp3) is 0.143. The van der Waals surface area contributed by atoms with E-state index in [0.717, 1.165) is 17.3 Å². The summed E-state index contributed by atoms with van der Waals surface area (Å²) in [6, 6.07) is 8.94. The quantitative estimate of drug-likeness (QED) is 0.836. The van der Waals surface area contributed by atoms with Crippen LogP contribution in [0.25, 0.3) is 6.08 Å². The van der Waals surface area contributed by atoms with Gasteiger partial charge in [-0.3, -0.25) is 0 Å². The molecule has 1 aromatic carbocycles. The van der Waals surface area contributed by atoms with Gasteiger partial charge >= 0.3 is 5.97 Å². The lowest BCUT2D eigenvalue weighted by Crippen LogP contribution is -1.94. The lowest BCUT2D eigenvalue weighted by Gasteiger charge is -2.04. The van der Waals surface area contributed by atoms with E-state index in [2.05, 4.69) is 5.16 Å². The molecule has 0 spiro atoms. The average molecular weight is 259 g/mol. The summed E-state index contributed by atoms with van der Waals surface area (Å²) in [5.74, 6) is 0.300. The van der Waals surface area contributed by atoms with Crippen LogP contribution in [0, 0.1) is 6.92 Å². The Morgan fingerprint density at radius 1 is 1.47 bits per heavy atom. The van der Waals surface area contributed by atoms with E-state index in [9.17, 15) is 4.79 Å². The predicted molar refractivity (Wildman–Crippen MR) is 68.7 cm³/mol. The van der Waals surface area contributed by atoms with Crippen LogP contribution in [0.4, 0.5) is 0 Å². The number of carboxylic acid groups (broad SMARTS) is 1. The van der Waals surface area contributed by atoms with Crippen LogP contribution in [0.15, 0.2) is 40.9 Å². The van der Waals surface area contributed by atoms with Crippen molar-refractivity contribution in [1.29, 1.82) is 0 Å². The summed E-state index contributed by atoms with van der Waals surface area (Å²) in [5.41, 5.74) is 1.56. The van der Waals surface area contributed by atoms with Gasteiger partial charge in [0.2, 0.25) is 0 Å². The molecule has 5 heteroatoms. The molecule has 0 aliphatic heterocycles. The molecule has 5 nitrogen and oxygen atoms in total. The Balaban J connectivity index is 2.00. The van der Waals surface area contributed by atoms with Crippen LogP contribution in [-0.2, 0) is 11.4 Å². The van der Waals surface area contributed by atoms with E-state index < -0.39 is 5.97 Å². The molecule has 19 heavy (non-hydrogen) atoms. The van der Waals surface area contributed by atoms with E-state index in [-0.39, 0.29) is 6.61 Å². The second kappa shape index (κ2) is 5.86. The normalized spacial score (nSPS) is 10.8. The maximum atomic E-state index is 10.4. The fourth-order valence-electron chi connectivity index (χ4n) is 1.51. The summed E-state index contributed by atoms with van der Waals surface area (Å²) in [7, 11) is 0. The minimum atomic E-state index is -0.983. The highest BCUT2D eigenvalue weighted by atomic mass is 16.5. The number of aromatic nitrogens is 1. The van der Waals surface area contributed by atoms with Crippen molar-refractivity contribution in [3.63, 3.8) is 0 Å². The number of carbonyl (C=O) groups is 1. The third-order valence-electron chi connectivity index (χ3n) is 2.33. The molecule has 1 N–H and O–H groups in total. The minimum absolute atomic E-state index is 0.285. The van der Waals surface area contributed by atoms with Gasteiger partial charge in [0.1, 0.15) is 12.4 Å². The second-order valence-electron chi connectivity index (χ2n) is 3.97. The smallest absolute Gasteiger partial charge is 0.328 e. The molecule has 1 heterocycles. The molecule has 0 amide bonds. The number of hydrogen-bond acceptors (Lipinski definition) is 4. The van der Waals surface area contributed by atoms with Gasteiger partial charge in [0, 0.05) is 12.1 Å². The highest BCUT2D eigenvalue weighted by molar-refractivity contribution is 5.85. The van der Waals surface area contributed by atoms with Crippen LogP contribution in [0.3, 0.4) is 0 Å². The van der Waals surface area contributed by atoms with Gasteiger partial charge in [-0.05, 0) is 30.7 Å². The molecular weight excluding hydrogens is 246 g/mol. The number of rotatable bonds is 5. The zero-order valence-electron chi connectivity index (χ0n) is 10.4. The Morgan fingerprint density at radius 3 is 3.00 bits per heavy atom. The van der Waals surface area contributed by atoms with Crippen molar-refractivity contribution in [2.45, 2.75) is 13.5 Å². The Bertz CT molecular complexity index is 601. The van der Waals surface area contributed by atoms with E-state index in [1.54, 1.807) is 30.3 Å². The van der Waals surface area contributed by atoms with Crippen molar-refractivity contribution >= 4 is 12.0 Å². The number of aryl methyl sites for hydroxylation is 1. The van der Waals surface area contributed by atoms with E-state index in [1.165, 1.54) is 6.08 Å². The van der Waals surface area contributed by atoms with Crippen LogP contribution in [-0.4, -0.2) is 16.2 Å². The van der Waals surface area contributed by atoms with Gasteiger partial charge in [-0.2, -0.15) is 0 Å².